The molecule has 0 aliphatic heterocycles. The average molecular weight is 220 g/mol. The van der Waals surface area contributed by atoms with Crippen molar-refractivity contribution < 1.29 is 0 Å². The van der Waals surface area contributed by atoms with Gasteiger partial charge in [-0.2, -0.15) is 5.26 Å². The maximum Gasteiger partial charge on any atom is 0.0670 e. The number of nitrogen functional groups attached to an aromatic ring is 1. The molecule has 0 saturated heterocycles. The average Bonchev–Trinajstić information content (AvgIpc) is 2.73. The molecule has 17 heavy (non-hydrogen) atoms. The summed E-state index contributed by atoms with van der Waals surface area (Å²) in [5, 5.41) is 8.76. The van der Waals surface area contributed by atoms with Crippen LogP contribution in [0.5, 0.6) is 0 Å². The van der Waals surface area contributed by atoms with Crippen LogP contribution in [0.25, 0.3) is 11.1 Å². The van der Waals surface area contributed by atoms with Crippen molar-refractivity contribution in [2.75, 3.05) is 5.73 Å². The highest BCUT2D eigenvalue weighted by Gasteiger charge is 2.21. The third-order valence-electron chi connectivity index (χ3n) is 3.39. The summed E-state index contributed by atoms with van der Waals surface area (Å²) in [6.07, 6.45) is 1.27. The maximum atomic E-state index is 8.76. The lowest BCUT2D eigenvalue weighted by Gasteiger charge is -2.08. The second kappa shape index (κ2) is 3.64. The number of nitrogens with two attached hydrogens (primary N) is 1. The molecule has 3 rings (SSSR count). The molecule has 2 N–H and O–H groups in total. The fraction of sp³-hybridized carbons (Fsp3) is 0.133. The van der Waals surface area contributed by atoms with Crippen LogP contribution in [-0.2, 0) is 12.8 Å². The fourth-order valence-electron chi connectivity index (χ4n) is 2.52. The second-order valence-electron chi connectivity index (χ2n) is 4.33. The van der Waals surface area contributed by atoms with E-state index in [2.05, 4.69) is 30.3 Å². The Kier molecular flexibility index (Phi) is 2.12. The van der Waals surface area contributed by atoms with Crippen molar-refractivity contribution in [1.82, 2.24) is 0 Å². The third-order valence-corrected chi connectivity index (χ3v) is 3.39. The number of nitrogens with zero attached hydrogens (tertiary/aromatic N) is 1. The van der Waals surface area contributed by atoms with Crippen LogP contribution < -0.4 is 5.73 Å². The molecule has 0 bridgehead atoms. The van der Waals surface area contributed by atoms with Crippen molar-refractivity contribution >= 4 is 5.69 Å². The molecule has 0 spiro atoms. The van der Waals surface area contributed by atoms with Crippen molar-refractivity contribution in [2.24, 2.45) is 0 Å². The SMILES string of the molecule is N#CCc1ccc2c(c1N)Cc1ccccc1-2. The van der Waals surface area contributed by atoms with Crippen molar-refractivity contribution in [3.63, 3.8) is 0 Å². The molecule has 0 radical (unpaired) electrons. The topological polar surface area (TPSA) is 49.8 Å². The molecule has 0 unspecified atom stereocenters. The quantitative estimate of drug-likeness (QED) is 0.641. The minimum atomic E-state index is 0.384. The van der Waals surface area contributed by atoms with Crippen LogP contribution in [0.2, 0.25) is 0 Å². The van der Waals surface area contributed by atoms with Crippen molar-refractivity contribution in [2.45, 2.75) is 12.8 Å². The predicted octanol–water partition coefficient (Wildman–Crippen LogP) is 2.91. The van der Waals surface area contributed by atoms with Crippen molar-refractivity contribution in [3.05, 3.63) is 53.1 Å². The van der Waals surface area contributed by atoms with E-state index in [1.54, 1.807) is 0 Å². The Balaban J connectivity index is 2.19. The Morgan fingerprint density at radius 2 is 1.94 bits per heavy atom. The summed E-state index contributed by atoms with van der Waals surface area (Å²) in [6, 6.07) is 14.6. The molecule has 2 aromatic carbocycles. The second-order valence-corrected chi connectivity index (χ2v) is 4.33. The van der Waals surface area contributed by atoms with E-state index in [-0.39, 0.29) is 0 Å². The first-order valence-electron chi connectivity index (χ1n) is 5.66. The number of nitriles is 1. The van der Waals surface area contributed by atoms with Gasteiger partial charge in [0.15, 0.2) is 0 Å². The maximum absolute atomic E-state index is 8.76. The molecule has 1 aliphatic rings. The molecule has 0 atom stereocenters. The summed E-state index contributed by atoms with van der Waals surface area (Å²) in [4.78, 5) is 0. The van der Waals surface area contributed by atoms with E-state index < -0.39 is 0 Å². The third kappa shape index (κ3) is 1.40. The summed E-state index contributed by atoms with van der Waals surface area (Å²) in [6.45, 7) is 0. The molecular weight excluding hydrogens is 208 g/mol. The monoisotopic (exact) mass is 220 g/mol. The van der Waals surface area contributed by atoms with Crippen LogP contribution in [0, 0.1) is 11.3 Å². The Labute approximate surface area is 100 Å². The molecule has 2 nitrogen and oxygen atoms in total. The van der Waals surface area contributed by atoms with Gasteiger partial charge < -0.3 is 5.73 Å². The fourth-order valence-corrected chi connectivity index (χ4v) is 2.52. The molecule has 2 aromatic rings. The van der Waals surface area contributed by atoms with Gasteiger partial charge in [0, 0.05) is 12.1 Å². The summed E-state index contributed by atoms with van der Waals surface area (Å²) in [7, 11) is 0. The lowest BCUT2D eigenvalue weighted by molar-refractivity contribution is 1.22. The van der Waals surface area contributed by atoms with E-state index in [1.165, 1.54) is 22.3 Å². The summed E-state index contributed by atoms with van der Waals surface area (Å²) in [5.74, 6) is 0. The van der Waals surface area contributed by atoms with E-state index in [4.69, 9.17) is 11.0 Å². The van der Waals surface area contributed by atoms with Gasteiger partial charge in [-0.25, -0.2) is 0 Å². The first-order valence-corrected chi connectivity index (χ1v) is 5.66. The van der Waals surface area contributed by atoms with Gasteiger partial charge in [-0.1, -0.05) is 36.4 Å². The zero-order valence-electron chi connectivity index (χ0n) is 9.40. The minimum Gasteiger partial charge on any atom is -0.398 e. The van der Waals surface area contributed by atoms with Crippen LogP contribution in [0.3, 0.4) is 0 Å². The molecule has 0 fully saturated rings. The zero-order chi connectivity index (χ0) is 11.8. The molecule has 0 aromatic heterocycles. The standard InChI is InChI=1S/C15H12N2/c16-8-7-10-5-6-13-12-4-2-1-3-11(12)9-14(13)15(10)17/h1-6H,7,9,17H2. The molecule has 1 aliphatic carbocycles. The number of benzene rings is 2. The zero-order valence-corrected chi connectivity index (χ0v) is 9.40. The Hall–Kier alpha value is -2.27. The van der Waals surface area contributed by atoms with E-state index >= 15 is 0 Å². The van der Waals surface area contributed by atoms with Gasteiger partial charge in [-0.3, -0.25) is 0 Å². The van der Waals surface area contributed by atoms with Gasteiger partial charge in [-0.15, -0.1) is 0 Å². The van der Waals surface area contributed by atoms with E-state index in [9.17, 15) is 0 Å². The van der Waals surface area contributed by atoms with Crippen LogP contribution in [-0.4, -0.2) is 0 Å². The summed E-state index contributed by atoms with van der Waals surface area (Å²) < 4.78 is 0. The number of hydrogen-bond acceptors (Lipinski definition) is 2. The Morgan fingerprint density at radius 1 is 1.12 bits per heavy atom. The lowest BCUT2D eigenvalue weighted by atomic mass is 10.00. The normalized spacial score (nSPS) is 11.7. The lowest BCUT2D eigenvalue weighted by Crippen LogP contribution is -1.98. The Morgan fingerprint density at radius 3 is 2.76 bits per heavy atom. The number of anilines is 1. The minimum absolute atomic E-state index is 0.384. The highest BCUT2D eigenvalue weighted by molar-refractivity contribution is 5.82. The first kappa shape index (κ1) is 9.92. The largest absolute Gasteiger partial charge is 0.398 e. The van der Waals surface area contributed by atoms with Gasteiger partial charge in [0.2, 0.25) is 0 Å². The van der Waals surface area contributed by atoms with E-state index in [0.29, 0.717) is 6.42 Å². The van der Waals surface area contributed by atoms with E-state index in [0.717, 1.165) is 17.7 Å². The van der Waals surface area contributed by atoms with Crippen molar-refractivity contribution in [3.8, 4) is 17.2 Å². The highest BCUT2D eigenvalue weighted by Crippen LogP contribution is 2.40. The van der Waals surface area contributed by atoms with Crippen molar-refractivity contribution in [1.29, 1.82) is 5.26 Å². The number of hydrogen-bond donors (Lipinski definition) is 1. The molecule has 0 amide bonds. The van der Waals surface area contributed by atoms with Gasteiger partial charge >= 0.3 is 0 Å². The first-order chi connectivity index (χ1) is 8.31. The van der Waals surface area contributed by atoms with Gasteiger partial charge in [0.05, 0.1) is 12.5 Å². The molecule has 0 heterocycles. The number of fused-ring (bicyclic) bond motifs is 3. The molecule has 82 valence electrons. The van der Waals surface area contributed by atoms with Crippen LogP contribution >= 0.6 is 0 Å². The highest BCUT2D eigenvalue weighted by atomic mass is 14.6. The van der Waals surface area contributed by atoms with Crippen LogP contribution in [0.15, 0.2) is 36.4 Å². The molecule has 0 saturated carbocycles. The predicted molar refractivity (Wildman–Crippen MR) is 68.4 cm³/mol. The van der Waals surface area contributed by atoms with Gasteiger partial charge in [0.25, 0.3) is 0 Å². The molecular formula is C15H12N2. The number of rotatable bonds is 1. The Bertz CT molecular complexity index is 636. The van der Waals surface area contributed by atoms with Gasteiger partial charge in [-0.05, 0) is 27.8 Å². The smallest absolute Gasteiger partial charge is 0.0670 e. The van der Waals surface area contributed by atoms with Crippen LogP contribution in [0.4, 0.5) is 5.69 Å². The summed E-state index contributed by atoms with van der Waals surface area (Å²) >= 11 is 0. The van der Waals surface area contributed by atoms with Crippen LogP contribution in [0.1, 0.15) is 16.7 Å². The molecule has 2 heteroatoms. The summed E-state index contributed by atoms with van der Waals surface area (Å²) in [5.41, 5.74) is 12.9. The van der Waals surface area contributed by atoms with Gasteiger partial charge in [0.1, 0.15) is 0 Å². The van der Waals surface area contributed by atoms with E-state index in [1.807, 2.05) is 12.1 Å².